The molecule has 1 saturated heterocycles. The van der Waals surface area contributed by atoms with Crippen molar-refractivity contribution in [2.75, 3.05) is 13.1 Å². The smallest absolute Gasteiger partial charge is 0.241 e. The molecule has 6 heteroatoms. The second-order valence-electron chi connectivity index (χ2n) is 9.02. The van der Waals surface area contributed by atoms with Crippen molar-refractivity contribution < 1.29 is 9.32 Å². The molecule has 6 nitrogen and oxygen atoms in total. The molecule has 0 aliphatic carbocycles. The zero-order valence-corrected chi connectivity index (χ0v) is 19.4. The first-order valence-corrected chi connectivity index (χ1v) is 11.4. The van der Waals surface area contributed by atoms with E-state index in [0.717, 1.165) is 31.5 Å². The van der Waals surface area contributed by atoms with Crippen LogP contribution in [0.3, 0.4) is 0 Å². The lowest BCUT2D eigenvalue weighted by atomic mass is 9.94. The monoisotopic (exact) mass is 432 g/mol. The molecule has 1 amide bonds. The predicted molar refractivity (Wildman–Crippen MR) is 125 cm³/mol. The second kappa shape index (κ2) is 9.65. The van der Waals surface area contributed by atoms with Gasteiger partial charge in [-0.2, -0.15) is 4.98 Å². The Labute approximate surface area is 190 Å². The van der Waals surface area contributed by atoms with Gasteiger partial charge in [-0.1, -0.05) is 58.7 Å². The van der Waals surface area contributed by atoms with E-state index in [1.807, 2.05) is 24.3 Å². The lowest BCUT2D eigenvalue weighted by molar-refractivity contribution is -0.127. The minimum absolute atomic E-state index is 0.0130. The van der Waals surface area contributed by atoms with E-state index in [-0.39, 0.29) is 17.9 Å². The summed E-state index contributed by atoms with van der Waals surface area (Å²) in [5.74, 6) is 1.43. The van der Waals surface area contributed by atoms with Gasteiger partial charge in [0.25, 0.3) is 0 Å². The van der Waals surface area contributed by atoms with Crippen molar-refractivity contribution in [1.82, 2.24) is 20.4 Å². The summed E-state index contributed by atoms with van der Waals surface area (Å²) in [5, 5.41) is 7.35. The summed E-state index contributed by atoms with van der Waals surface area (Å²) in [7, 11) is 0. The van der Waals surface area contributed by atoms with Crippen LogP contribution in [0.2, 0.25) is 0 Å². The van der Waals surface area contributed by atoms with Gasteiger partial charge in [-0.25, -0.2) is 0 Å². The summed E-state index contributed by atoms with van der Waals surface area (Å²) >= 11 is 0. The first-order chi connectivity index (χ1) is 15.4. The number of piperidine rings is 1. The van der Waals surface area contributed by atoms with Gasteiger partial charge in [-0.15, -0.1) is 0 Å². The fraction of sp³-hybridized carbons (Fsp3) is 0.423. The van der Waals surface area contributed by atoms with Crippen LogP contribution in [0.4, 0.5) is 0 Å². The van der Waals surface area contributed by atoms with Crippen LogP contribution in [-0.4, -0.2) is 34.0 Å². The van der Waals surface area contributed by atoms with E-state index >= 15 is 0 Å². The number of aryl methyl sites for hydroxylation is 3. The zero-order valence-electron chi connectivity index (χ0n) is 19.4. The molecular weight excluding hydrogens is 400 g/mol. The van der Waals surface area contributed by atoms with Crippen LogP contribution in [-0.2, 0) is 11.3 Å². The van der Waals surface area contributed by atoms with E-state index in [0.29, 0.717) is 18.3 Å². The standard InChI is InChI=1S/C26H32N4O2/c1-17-6-9-21(10-7-17)25-28-24(32-29-25)16-30-13-11-22(12-14-30)26(31)27-20(4)23-15-18(2)5-8-19(23)3/h5-10,15,20,22H,11-14,16H2,1-4H3,(H,27,31). The molecule has 1 unspecified atom stereocenters. The largest absolute Gasteiger partial charge is 0.349 e. The number of aromatic nitrogens is 2. The first-order valence-electron chi connectivity index (χ1n) is 11.4. The molecule has 0 saturated carbocycles. The van der Waals surface area contributed by atoms with Crippen LogP contribution in [0, 0.1) is 26.7 Å². The normalized spacial score (nSPS) is 16.1. The predicted octanol–water partition coefficient (Wildman–Crippen LogP) is 4.75. The van der Waals surface area contributed by atoms with Crippen molar-refractivity contribution in [3.8, 4) is 11.4 Å². The summed E-state index contributed by atoms with van der Waals surface area (Å²) in [5.41, 5.74) is 5.78. The Hall–Kier alpha value is -2.99. The van der Waals surface area contributed by atoms with Crippen molar-refractivity contribution in [2.45, 2.75) is 53.1 Å². The van der Waals surface area contributed by atoms with Gasteiger partial charge in [0, 0.05) is 11.5 Å². The van der Waals surface area contributed by atoms with E-state index in [4.69, 9.17) is 4.52 Å². The highest BCUT2D eigenvalue weighted by atomic mass is 16.5. The number of benzene rings is 2. The van der Waals surface area contributed by atoms with Gasteiger partial charge in [0.15, 0.2) is 0 Å². The zero-order chi connectivity index (χ0) is 22.7. The average molecular weight is 433 g/mol. The molecule has 1 atom stereocenters. The average Bonchev–Trinajstić information content (AvgIpc) is 3.24. The molecule has 32 heavy (non-hydrogen) atoms. The molecule has 3 aromatic rings. The van der Waals surface area contributed by atoms with Crippen LogP contribution < -0.4 is 5.32 Å². The summed E-state index contributed by atoms with van der Waals surface area (Å²) < 4.78 is 5.47. The topological polar surface area (TPSA) is 71.3 Å². The highest BCUT2D eigenvalue weighted by Crippen LogP contribution is 2.23. The maximum Gasteiger partial charge on any atom is 0.241 e. The molecule has 2 aromatic carbocycles. The molecule has 1 aromatic heterocycles. The molecule has 0 spiro atoms. The molecule has 0 radical (unpaired) electrons. The number of carbonyl (C=O) groups is 1. The molecule has 1 fully saturated rings. The van der Waals surface area contributed by atoms with E-state index in [2.05, 4.69) is 66.3 Å². The number of carbonyl (C=O) groups excluding carboxylic acids is 1. The number of amides is 1. The van der Waals surface area contributed by atoms with Gasteiger partial charge in [-0.3, -0.25) is 9.69 Å². The van der Waals surface area contributed by atoms with E-state index < -0.39 is 0 Å². The molecule has 4 rings (SSSR count). The van der Waals surface area contributed by atoms with Gasteiger partial charge < -0.3 is 9.84 Å². The van der Waals surface area contributed by atoms with Gasteiger partial charge in [0.05, 0.1) is 12.6 Å². The number of likely N-dealkylation sites (tertiary alicyclic amines) is 1. The van der Waals surface area contributed by atoms with Crippen LogP contribution in [0.5, 0.6) is 0 Å². The van der Waals surface area contributed by atoms with Crippen molar-refractivity contribution in [1.29, 1.82) is 0 Å². The maximum atomic E-state index is 12.9. The van der Waals surface area contributed by atoms with E-state index in [1.165, 1.54) is 22.3 Å². The summed E-state index contributed by atoms with van der Waals surface area (Å²) in [6, 6.07) is 14.5. The summed E-state index contributed by atoms with van der Waals surface area (Å²) in [4.78, 5) is 19.7. The fourth-order valence-corrected chi connectivity index (χ4v) is 4.32. The molecule has 2 heterocycles. The summed E-state index contributed by atoms with van der Waals surface area (Å²) in [6.45, 7) is 10.6. The first kappa shape index (κ1) is 22.2. The maximum absolute atomic E-state index is 12.9. The molecule has 1 aliphatic heterocycles. The molecule has 1 N–H and O–H groups in total. The third kappa shape index (κ3) is 5.25. The minimum Gasteiger partial charge on any atom is -0.349 e. The third-order valence-corrected chi connectivity index (χ3v) is 6.36. The minimum atomic E-state index is 0.0130. The van der Waals surface area contributed by atoms with E-state index in [9.17, 15) is 4.79 Å². The van der Waals surface area contributed by atoms with Gasteiger partial charge in [0.2, 0.25) is 17.6 Å². The van der Waals surface area contributed by atoms with Crippen molar-refractivity contribution in [3.05, 3.63) is 70.6 Å². The third-order valence-electron chi connectivity index (χ3n) is 6.36. The SMILES string of the molecule is Cc1ccc(-c2noc(CN3CCC(C(=O)NC(C)c4cc(C)ccc4C)CC3)n2)cc1. The second-order valence-corrected chi connectivity index (χ2v) is 9.02. The Morgan fingerprint density at radius 2 is 1.78 bits per heavy atom. The number of hydrogen-bond acceptors (Lipinski definition) is 5. The van der Waals surface area contributed by atoms with Gasteiger partial charge in [-0.05, 0) is 64.8 Å². The number of rotatable bonds is 6. The molecule has 168 valence electrons. The van der Waals surface area contributed by atoms with Crippen LogP contribution >= 0.6 is 0 Å². The number of nitrogens with zero attached hydrogens (tertiary/aromatic N) is 3. The Morgan fingerprint density at radius 1 is 1.09 bits per heavy atom. The fourth-order valence-electron chi connectivity index (χ4n) is 4.32. The molecule has 0 bridgehead atoms. The van der Waals surface area contributed by atoms with Crippen LogP contribution in [0.15, 0.2) is 47.0 Å². The van der Waals surface area contributed by atoms with Crippen molar-refractivity contribution >= 4 is 5.91 Å². The van der Waals surface area contributed by atoms with E-state index in [1.54, 1.807) is 0 Å². The lowest BCUT2D eigenvalue weighted by Crippen LogP contribution is -2.41. The Kier molecular flexibility index (Phi) is 6.70. The number of hydrogen-bond donors (Lipinski definition) is 1. The Balaban J connectivity index is 1.28. The van der Waals surface area contributed by atoms with Crippen molar-refractivity contribution in [3.63, 3.8) is 0 Å². The highest BCUT2D eigenvalue weighted by molar-refractivity contribution is 5.79. The van der Waals surface area contributed by atoms with Crippen LogP contribution in [0.25, 0.3) is 11.4 Å². The van der Waals surface area contributed by atoms with Crippen molar-refractivity contribution in [2.24, 2.45) is 5.92 Å². The Bertz CT molecular complexity index is 1070. The van der Waals surface area contributed by atoms with Gasteiger partial charge in [0.1, 0.15) is 0 Å². The Morgan fingerprint density at radius 3 is 2.50 bits per heavy atom. The quantitative estimate of drug-likeness (QED) is 0.609. The van der Waals surface area contributed by atoms with Crippen LogP contribution in [0.1, 0.15) is 54.0 Å². The molecular formula is C26H32N4O2. The molecule has 1 aliphatic rings. The highest BCUT2D eigenvalue weighted by Gasteiger charge is 2.27. The van der Waals surface area contributed by atoms with Gasteiger partial charge >= 0.3 is 0 Å². The number of nitrogens with one attached hydrogen (secondary N) is 1. The lowest BCUT2D eigenvalue weighted by Gasteiger charge is -2.31. The summed E-state index contributed by atoms with van der Waals surface area (Å²) in [6.07, 6.45) is 1.68.